The molecule has 0 aliphatic rings. The van der Waals surface area contributed by atoms with Crippen molar-refractivity contribution < 1.29 is 38.1 Å². The van der Waals surface area contributed by atoms with Crippen molar-refractivity contribution in [2.75, 3.05) is 26.9 Å². The first-order valence-corrected chi connectivity index (χ1v) is 9.88. The van der Waals surface area contributed by atoms with Crippen LogP contribution in [0.1, 0.15) is 46.1 Å². The number of Topliss-reactive ketones (excluding diaryl/α,β-unsaturated/α-hetero) is 2. The molecule has 8 nitrogen and oxygen atoms in total. The summed E-state index contributed by atoms with van der Waals surface area (Å²) in [5, 5.41) is 0. The van der Waals surface area contributed by atoms with Crippen LogP contribution in [0.15, 0.2) is 18.2 Å². The number of benzene rings is 1. The molecule has 30 heavy (non-hydrogen) atoms. The lowest BCUT2D eigenvalue weighted by molar-refractivity contribution is -0.157. The Balaban J connectivity index is 3.75. The van der Waals surface area contributed by atoms with E-state index >= 15 is 0 Å². The number of esters is 2. The molecule has 0 bridgehead atoms. The first kappa shape index (κ1) is 25.1. The molecule has 166 valence electrons. The highest BCUT2D eigenvalue weighted by molar-refractivity contribution is 6.04. The number of methoxy groups -OCH3 is 1. The van der Waals surface area contributed by atoms with Gasteiger partial charge in [-0.3, -0.25) is 19.2 Å². The molecule has 2 unspecified atom stereocenters. The van der Waals surface area contributed by atoms with Crippen molar-refractivity contribution in [3.8, 4) is 11.5 Å². The van der Waals surface area contributed by atoms with Gasteiger partial charge in [0, 0.05) is 17.5 Å². The van der Waals surface area contributed by atoms with Crippen LogP contribution in [0.4, 0.5) is 0 Å². The third-order valence-electron chi connectivity index (χ3n) is 4.55. The minimum Gasteiger partial charge on any atom is -0.496 e. The molecule has 0 radical (unpaired) electrons. The molecule has 0 aromatic heterocycles. The minimum absolute atomic E-state index is 0.0416. The van der Waals surface area contributed by atoms with Crippen LogP contribution >= 0.6 is 0 Å². The number of carbonyl (C=O) groups is 4. The second kappa shape index (κ2) is 11.9. The highest BCUT2D eigenvalue weighted by atomic mass is 16.5. The average Bonchev–Trinajstić information content (AvgIpc) is 2.67. The number of rotatable bonds is 12. The minimum atomic E-state index is -1.39. The van der Waals surface area contributed by atoms with Gasteiger partial charge >= 0.3 is 11.9 Å². The number of hydrogen-bond acceptors (Lipinski definition) is 8. The second-order valence-corrected chi connectivity index (χ2v) is 6.54. The Kier molecular flexibility index (Phi) is 10.0. The Bertz CT molecular complexity index is 734. The Hall–Kier alpha value is -2.90. The standard InChI is InChI=1S/C22H30O8/c1-7-28-15-10-11-16(17(12-15)27-6)20(18(13(4)23)21(25)29-8-2)19(14(5)24)22(26)30-9-3/h10-12,18-20H,7-9H2,1-6H3. The van der Waals surface area contributed by atoms with E-state index in [9.17, 15) is 19.2 Å². The molecule has 0 N–H and O–H groups in total. The van der Waals surface area contributed by atoms with E-state index in [1.165, 1.54) is 21.0 Å². The highest BCUT2D eigenvalue weighted by Gasteiger charge is 2.46. The van der Waals surface area contributed by atoms with Crippen molar-refractivity contribution in [1.29, 1.82) is 0 Å². The van der Waals surface area contributed by atoms with E-state index < -0.39 is 41.3 Å². The van der Waals surface area contributed by atoms with Crippen LogP contribution in [0.3, 0.4) is 0 Å². The molecule has 0 spiro atoms. The molecule has 0 amide bonds. The lowest BCUT2D eigenvalue weighted by atomic mass is 9.73. The third kappa shape index (κ3) is 6.05. The quantitative estimate of drug-likeness (QED) is 0.374. The van der Waals surface area contributed by atoms with Crippen LogP contribution in [0, 0.1) is 11.8 Å². The maximum Gasteiger partial charge on any atom is 0.317 e. The van der Waals surface area contributed by atoms with Crippen molar-refractivity contribution in [2.24, 2.45) is 11.8 Å². The van der Waals surface area contributed by atoms with Gasteiger partial charge in [-0.15, -0.1) is 0 Å². The average molecular weight is 422 g/mol. The normalized spacial score (nSPS) is 13.5. The summed E-state index contributed by atoms with van der Waals surface area (Å²) in [5.41, 5.74) is 0.336. The number of ketones is 2. The van der Waals surface area contributed by atoms with Crippen molar-refractivity contribution in [3.63, 3.8) is 0 Å². The van der Waals surface area contributed by atoms with E-state index in [1.807, 2.05) is 6.92 Å². The van der Waals surface area contributed by atoms with E-state index in [-0.39, 0.29) is 19.0 Å². The van der Waals surface area contributed by atoms with Gasteiger partial charge in [0.15, 0.2) is 0 Å². The van der Waals surface area contributed by atoms with E-state index in [4.69, 9.17) is 18.9 Å². The summed E-state index contributed by atoms with van der Waals surface area (Å²) in [6.07, 6.45) is 0. The summed E-state index contributed by atoms with van der Waals surface area (Å²) < 4.78 is 21.1. The van der Waals surface area contributed by atoms with Gasteiger partial charge in [-0.05, 0) is 40.7 Å². The third-order valence-corrected chi connectivity index (χ3v) is 4.55. The van der Waals surface area contributed by atoms with Crippen molar-refractivity contribution >= 4 is 23.5 Å². The summed E-state index contributed by atoms with van der Waals surface area (Å²) in [5.74, 6) is -5.88. The Morgan fingerprint density at radius 2 is 1.33 bits per heavy atom. The first-order chi connectivity index (χ1) is 14.2. The Morgan fingerprint density at radius 1 is 0.833 bits per heavy atom. The largest absolute Gasteiger partial charge is 0.496 e. The molecule has 1 aromatic rings. The summed E-state index contributed by atoms with van der Waals surface area (Å²) in [6.45, 7) is 7.98. The first-order valence-electron chi connectivity index (χ1n) is 9.88. The molecular formula is C22H30O8. The number of hydrogen-bond donors (Lipinski definition) is 0. The zero-order valence-electron chi connectivity index (χ0n) is 18.4. The Labute approximate surface area is 176 Å². The predicted molar refractivity (Wildman–Crippen MR) is 109 cm³/mol. The van der Waals surface area contributed by atoms with Crippen LogP contribution in [0.5, 0.6) is 11.5 Å². The fourth-order valence-electron chi connectivity index (χ4n) is 3.37. The van der Waals surface area contributed by atoms with Gasteiger partial charge in [-0.25, -0.2) is 0 Å². The monoisotopic (exact) mass is 422 g/mol. The lowest BCUT2D eigenvalue weighted by Gasteiger charge is -2.30. The highest BCUT2D eigenvalue weighted by Crippen LogP contribution is 2.41. The summed E-state index contributed by atoms with van der Waals surface area (Å²) >= 11 is 0. The summed E-state index contributed by atoms with van der Waals surface area (Å²) in [6, 6.07) is 4.79. The molecule has 1 aromatic carbocycles. The molecule has 0 aliphatic carbocycles. The molecule has 1 rings (SSSR count). The smallest absolute Gasteiger partial charge is 0.317 e. The molecule has 0 aliphatic heterocycles. The molecule has 0 saturated heterocycles. The molecule has 2 atom stereocenters. The van der Waals surface area contributed by atoms with Gasteiger partial charge < -0.3 is 18.9 Å². The predicted octanol–water partition coefficient (Wildman–Crippen LogP) is 2.71. The van der Waals surface area contributed by atoms with Crippen molar-refractivity contribution in [2.45, 2.75) is 40.5 Å². The van der Waals surface area contributed by atoms with Crippen LogP contribution < -0.4 is 9.47 Å². The van der Waals surface area contributed by atoms with E-state index in [2.05, 4.69) is 0 Å². The number of carbonyl (C=O) groups excluding carboxylic acids is 4. The molecule has 0 heterocycles. The van der Waals surface area contributed by atoms with Crippen molar-refractivity contribution in [3.05, 3.63) is 23.8 Å². The molecule has 8 heteroatoms. The van der Waals surface area contributed by atoms with Gasteiger partial charge in [0.05, 0.1) is 26.9 Å². The van der Waals surface area contributed by atoms with Crippen LogP contribution in [0.25, 0.3) is 0 Å². The second-order valence-electron chi connectivity index (χ2n) is 6.54. The summed E-state index contributed by atoms with van der Waals surface area (Å²) in [7, 11) is 1.41. The zero-order chi connectivity index (χ0) is 22.8. The molecule has 0 fully saturated rings. The maximum atomic E-state index is 12.7. The fourth-order valence-corrected chi connectivity index (χ4v) is 3.37. The van der Waals surface area contributed by atoms with Gasteiger partial charge in [-0.1, -0.05) is 6.07 Å². The lowest BCUT2D eigenvalue weighted by Crippen LogP contribution is -2.40. The van der Waals surface area contributed by atoms with Crippen LogP contribution in [-0.4, -0.2) is 50.4 Å². The van der Waals surface area contributed by atoms with E-state index in [1.54, 1.807) is 32.0 Å². The van der Waals surface area contributed by atoms with Gasteiger partial charge in [-0.2, -0.15) is 0 Å². The number of ether oxygens (including phenoxy) is 4. The van der Waals surface area contributed by atoms with Crippen LogP contribution in [-0.2, 0) is 28.7 Å². The van der Waals surface area contributed by atoms with E-state index in [0.29, 0.717) is 17.9 Å². The van der Waals surface area contributed by atoms with Gasteiger partial charge in [0.25, 0.3) is 0 Å². The molecule has 0 saturated carbocycles. The summed E-state index contributed by atoms with van der Waals surface area (Å²) in [4.78, 5) is 50.5. The van der Waals surface area contributed by atoms with Crippen molar-refractivity contribution in [1.82, 2.24) is 0 Å². The SMILES string of the molecule is CCOC(=O)C(C(C)=O)C(c1ccc(OCC)cc1OC)C(C(C)=O)C(=O)OCC. The van der Waals surface area contributed by atoms with E-state index in [0.717, 1.165) is 0 Å². The molecular weight excluding hydrogens is 392 g/mol. The van der Waals surface area contributed by atoms with Gasteiger partial charge in [0.2, 0.25) is 0 Å². The maximum absolute atomic E-state index is 12.7. The topological polar surface area (TPSA) is 105 Å². The Morgan fingerprint density at radius 3 is 1.70 bits per heavy atom. The van der Waals surface area contributed by atoms with Gasteiger partial charge in [0.1, 0.15) is 34.9 Å². The zero-order valence-corrected chi connectivity index (χ0v) is 18.4. The fraction of sp³-hybridized carbons (Fsp3) is 0.545. The van der Waals surface area contributed by atoms with Crippen LogP contribution in [0.2, 0.25) is 0 Å².